The van der Waals surface area contributed by atoms with Gasteiger partial charge in [0.05, 0.1) is 18.5 Å². The van der Waals surface area contributed by atoms with Gasteiger partial charge in [-0.15, -0.1) is 0 Å². The summed E-state index contributed by atoms with van der Waals surface area (Å²) in [4.78, 5) is 8.85. The number of nitrogens with zero attached hydrogens (tertiary/aromatic N) is 2. The molecule has 5 rings (SSSR count). The third kappa shape index (κ3) is 4.93. The van der Waals surface area contributed by atoms with Gasteiger partial charge in [0, 0.05) is 12.0 Å². The number of aryl methyl sites for hydroxylation is 2. The molecule has 0 saturated heterocycles. The summed E-state index contributed by atoms with van der Waals surface area (Å²) in [6.45, 7) is 12.2. The first kappa shape index (κ1) is 26.3. The Morgan fingerprint density at radius 3 is 1.92 bits per heavy atom. The van der Waals surface area contributed by atoms with Gasteiger partial charge >= 0.3 is 0 Å². The number of benzene rings is 3. The molecule has 1 fully saturated rings. The van der Waals surface area contributed by atoms with Crippen molar-refractivity contribution in [1.29, 1.82) is 0 Å². The van der Waals surface area contributed by atoms with Gasteiger partial charge < -0.3 is 9.16 Å². The van der Waals surface area contributed by atoms with Crippen molar-refractivity contribution < 1.29 is 9.16 Å². The highest BCUT2D eigenvalue weighted by molar-refractivity contribution is 6.99. The minimum Gasteiger partial charge on any atom is -0.489 e. The lowest BCUT2D eigenvalue weighted by Gasteiger charge is -2.43. The summed E-state index contributed by atoms with van der Waals surface area (Å²) >= 11 is 0. The molecule has 1 saturated carbocycles. The Morgan fingerprint density at radius 1 is 0.842 bits per heavy atom. The van der Waals surface area contributed by atoms with Gasteiger partial charge in [-0.1, -0.05) is 112 Å². The molecule has 0 amide bonds. The van der Waals surface area contributed by atoms with Crippen LogP contribution >= 0.6 is 0 Å². The second-order valence-electron chi connectivity index (χ2n) is 11.6. The predicted molar refractivity (Wildman–Crippen MR) is 157 cm³/mol. The van der Waals surface area contributed by atoms with Gasteiger partial charge in [0.1, 0.15) is 5.82 Å². The maximum absolute atomic E-state index is 7.32. The fourth-order valence-electron chi connectivity index (χ4n) is 5.89. The summed E-state index contributed by atoms with van der Waals surface area (Å²) in [5.41, 5.74) is 2.09. The highest BCUT2D eigenvalue weighted by Gasteiger charge is 2.58. The Bertz CT molecular complexity index is 1320. The molecule has 5 heteroatoms. The number of hydrogen-bond donors (Lipinski definition) is 0. The van der Waals surface area contributed by atoms with Crippen molar-refractivity contribution in [2.24, 2.45) is 5.92 Å². The number of rotatable bonds is 9. The third-order valence-electron chi connectivity index (χ3n) is 8.04. The van der Waals surface area contributed by atoms with Crippen LogP contribution in [0.1, 0.15) is 44.3 Å². The van der Waals surface area contributed by atoms with Gasteiger partial charge in [-0.3, -0.25) is 0 Å². The maximum atomic E-state index is 7.32. The van der Waals surface area contributed by atoms with Gasteiger partial charge in [0.2, 0.25) is 0 Å². The average molecular weight is 523 g/mol. The first-order valence-electron chi connectivity index (χ1n) is 13.5. The lowest BCUT2D eigenvalue weighted by molar-refractivity contribution is 0.229. The topological polar surface area (TPSA) is 44.2 Å². The summed E-state index contributed by atoms with van der Waals surface area (Å²) in [5.74, 6) is 1.87. The first-order valence-corrected chi connectivity index (χ1v) is 15.4. The van der Waals surface area contributed by atoms with Crippen LogP contribution in [0.5, 0.6) is 5.75 Å². The van der Waals surface area contributed by atoms with Crippen molar-refractivity contribution in [3.8, 4) is 5.75 Å². The highest BCUT2D eigenvalue weighted by atomic mass is 28.4. The van der Waals surface area contributed by atoms with Crippen LogP contribution in [-0.4, -0.2) is 31.5 Å². The van der Waals surface area contributed by atoms with Crippen LogP contribution in [0.2, 0.25) is 5.04 Å². The molecule has 0 bridgehead atoms. The highest BCUT2D eigenvalue weighted by Crippen LogP contribution is 2.55. The zero-order valence-electron chi connectivity index (χ0n) is 23.1. The first-order chi connectivity index (χ1) is 18.3. The average Bonchev–Trinajstić information content (AvgIpc) is 3.64. The summed E-state index contributed by atoms with van der Waals surface area (Å²) in [6, 6.07) is 32.5. The second kappa shape index (κ2) is 10.5. The van der Waals surface area contributed by atoms with E-state index in [0.29, 0.717) is 19.1 Å². The number of ether oxygens (including phenoxy) is 1. The molecule has 0 unspecified atom stereocenters. The molecule has 38 heavy (non-hydrogen) atoms. The molecule has 1 aromatic heterocycles. The quantitative estimate of drug-likeness (QED) is 0.253. The van der Waals surface area contributed by atoms with Crippen molar-refractivity contribution in [3.05, 3.63) is 114 Å². The molecule has 1 heterocycles. The van der Waals surface area contributed by atoms with E-state index in [4.69, 9.17) is 9.16 Å². The minimum absolute atomic E-state index is 0.0488. The maximum Gasteiger partial charge on any atom is 0.261 e. The van der Waals surface area contributed by atoms with E-state index in [2.05, 4.69) is 122 Å². The minimum atomic E-state index is -2.60. The summed E-state index contributed by atoms with van der Waals surface area (Å²) in [5, 5.41) is 2.58. The van der Waals surface area contributed by atoms with E-state index in [1.807, 2.05) is 13.8 Å². The molecule has 1 aliphatic carbocycles. The van der Waals surface area contributed by atoms with Crippen LogP contribution in [0.3, 0.4) is 0 Å². The van der Waals surface area contributed by atoms with Crippen LogP contribution in [0.4, 0.5) is 0 Å². The van der Waals surface area contributed by atoms with E-state index >= 15 is 0 Å². The third-order valence-corrected chi connectivity index (χ3v) is 13.0. The van der Waals surface area contributed by atoms with Gasteiger partial charge in [0.25, 0.3) is 8.32 Å². The Kier molecular flexibility index (Phi) is 7.25. The van der Waals surface area contributed by atoms with Crippen LogP contribution in [0, 0.1) is 19.8 Å². The molecular weight excluding hydrogens is 484 g/mol. The van der Waals surface area contributed by atoms with Crippen molar-refractivity contribution in [1.82, 2.24) is 9.97 Å². The van der Waals surface area contributed by atoms with E-state index in [-0.39, 0.29) is 10.5 Å². The van der Waals surface area contributed by atoms with E-state index in [1.54, 1.807) is 6.20 Å². The smallest absolute Gasteiger partial charge is 0.261 e. The Labute approximate surface area is 228 Å². The summed E-state index contributed by atoms with van der Waals surface area (Å²) in [6.07, 6.45) is 2.83. The molecule has 0 spiro atoms. The molecule has 3 aromatic carbocycles. The molecule has 1 aliphatic rings. The van der Waals surface area contributed by atoms with Crippen molar-refractivity contribution in [2.45, 2.75) is 51.5 Å². The van der Waals surface area contributed by atoms with Crippen LogP contribution < -0.4 is 15.1 Å². The zero-order valence-corrected chi connectivity index (χ0v) is 24.1. The monoisotopic (exact) mass is 522 g/mol. The van der Waals surface area contributed by atoms with Gasteiger partial charge in [-0.25, -0.2) is 9.97 Å². The molecule has 0 radical (unpaired) electrons. The molecule has 4 nitrogen and oxygen atoms in total. The molecule has 196 valence electrons. The van der Waals surface area contributed by atoms with Gasteiger partial charge in [-0.05, 0) is 47.2 Å². The Hall–Kier alpha value is -3.28. The SMILES string of the molecule is Cc1ncc(OC[C@@]2(c3ccccc3)C[C@H]2CO[Si](c2ccccc2)(c2ccccc2)C(C)(C)C)c(C)n1. The standard InChI is InChI=1S/C33H38N2O2Si/c1-25-31(22-34-26(2)35-25)36-24-33(27-15-9-6-10-16-27)21-28(33)23-37-38(32(3,4)5,29-17-11-7-12-18-29)30-19-13-8-14-20-30/h6-20,22,28H,21,23-24H2,1-5H3/t28-,33+/m0/s1. The fourth-order valence-corrected chi connectivity index (χ4v) is 10.5. The normalized spacial score (nSPS) is 19.2. The van der Waals surface area contributed by atoms with Crippen molar-refractivity contribution >= 4 is 18.7 Å². The Balaban J connectivity index is 1.46. The lowest BCUT2D eigenvalue weighted by atomic mass is 9.94. The Morgan fingerprint density at radius 2 is 1.39 bits per heavy atom. The fraction of sp³-hybridized carbons (Fsp3) is 0.333. The molecule has 4 aromatic rings. The predicted octanol–water partition coefficient (Wildman–Crippen LogP) is 6.01. The van der Waals surface area contributed by atoms with E-state index in [0.717, 1.165) is 23.7 Å². The van der Waals surface area contributed by atoms with Gasteiger partial charge in [0.15, 0.2) is 5.75 Å². The molecule has 2 atom stereocenters. The van der Waals surface area contributed by atoms with E-state index < -0.39 is 8.32 Å². The van der Waals surface area contributed by atoms with Crippen molar-refractivity contribution in [2.75, 3.05) is 13.2 Å². The molecule has 0 aliphatic heterocycles. The zero-order chi connectivity index (χ0) is 26.8. The molecule has 0 N–H and O–H groups in total. The van der Waals surface area contributed by atoms with Gasteiger partial charge in [-0.2, -0.15) is 0 Å². The number of aromatic nitrogens is 2. The summed E-state index contributed by atoms with van der Waals surface area (Å²) < 4.78 is 13.7. The van der Waals surface area contributed by atoms with Crippen LogP contribution in [0.15, 0.2) is 97.2 Å². The lowest BCUT2D eigenvalue weighted by Crippen LogP contribution is -2.66. The second-order valence-corrected chi connectivity index (χ2v) is 15.9. The van der Waals surface area contributed by atoms with Crippen LogP contribution in [-0.2, 0) is 9.84 Å². The largest absolute Gasteiger partial charge is 0.489 e. The van der Waals surface area contributed by atoms with Crippen molar-refractivity contribution in [3.63, 3.8) is 0 Å². The van der Waals surface area contributed by atoms with Crippen LogP contribution in [0.25, 0.3) is 0 Å². The summed E-state index contributed by atoms with van der Waals surface area (Å²) in [7, 11) is -2.60. The molecular formula is C33H38N2O2Si. The van der Waals surface area contributed by atoms with E-state index in [1.165, 1.54) is 15.9 Å². The number of hydrogen-bond acceptors (Lipinski definition) is 4. The van der Waals surface area contributed by atoms with E-state index in [9.17, 15) is 0 Å².